The maximum atomic E-state index is 13.6. The van der Waals surface area contributed by atoms with E-state index in [0.717, 1.165) is 4.31 Å². The Bertz CT molecular complexity index is 1100. The van der Waals surface area contributed by atoms with Gasteiger partial charge in [-0.2, -0.15) is 4.31 Å². The largest absolute Gasteiger partial charge is 0.486 e. The van der Waals surface area contributed by atoms with Gasteiger partial charge in [-0.15, -0.1) is 0 Å². The molecule has 0 aliphatic carbocycles. The molecule has 1 fully saturated rings. The van der Waals surface area contributed by atoms with E-state index in [1.54, 1.807) is 11.0 Å². The fourth-order valence-corrected chi connectivity index (χ4v) is 5.38. The number of carbonyl (C=O) groups excluding carboxylic acids is 1. The first-order valence-corrected chi connectivity index (χ1v) is 12.2. The first-order chi connectivity index (χ1) is 15.7. The highest BCUT2D eigenvalue weighted by atomic mass is 32.2. The van der Waals surface area contributed by atoms with Crippen molar-refractivity contribution in [2.24, 2.45) is 0 Å². The Morgan fingerprint density at radius 1 is 1.03 bits per heavy atom. The van der Waals surface area contributed by atoms with E-state index in [2.05, 4.69) is 0 Å². The number of carbonyl (C=O) groups is 1. The highest BCUT2D eigenvalue weighted by molar-refractivity contribution is 7.89. The van der Waals surface area contributed by atoms with Crippen LogP contribution in [0.25, 0.3) is 0 Å². The smallest absolute Gasteiger partial charge is 0.243 e. The van der Waals surface area contributed by atoms with Crippen LogP contribution in [-0.2, 0) is 26.1 Å². The van der Waals surface area contributed by atoms with E-state index < -0.39 is 15.8 Å². The molecule has 0 spiro atoms. The lowest BCUT2D eigenvalue weighted by Crippen LogP contribution is -2.51. The highest BCUT2D eigenvalue weighted by Crippen LogP contribution is 2.33. The van der Waals surface area contributed by atoms with Gasteiger partial charge >= 0.3 is 0 Å². The average Bonchev–Trinajstić information content (AvgIpc) is 2.79. The molecule has 2 atom stereocenters. The zero-order valence-electron chi connectivity index (χ0n) is 18.6. The number of amides is 1. The number of morpholine rings is 1. The molecule has 8 nitrogen and oxygen atoms in total. The van der Waals surface area contributed by atoms with E-state index in [1.807, 2.05) is 13.8 Å². The molecular weight excluding hydrogens is 451 g/mol. The molecule has 4 rings (SSSR count). The lowest BCUT2D eigenvalue weighted by molar-refractivity contribution is -0.143. The van der Waals surface area contributed by atoms with Gasteiger partial charge in [0.2, 0.25) is 15.9 Å². The minimum absolute atomic E-state index is 0.00891. The Balaban J connectivity index is 1.62. The summed E-state index contributed by atoms with van der Waals surface area (Å²) in [5, 5.41) is 0. The van der Waals surface area contributed by atoms with Crippen LogP contribution in [0.15, 0.2) is 47.4 Å². The molecule has 178 valence electrons. The molecule has 1 amide bonds. The van der Waals surface area contributed by atoms with Crippen LogP contribution < -0.4 is 9.47 Å². The van der Waals surface area contributed by atoms with Crippen molar-refractivity contribution in [1.29, 1.82) is 0 Å². The van der Waals surface area contributed by atoms with Gasteiger partial charge in [-0.25, -0.2) is 12.8 Å². The van der Waals surface area contributed by atoms with Crippen molar-refractivity contribution in [2.45, 2.75) is 37.5 Å². The van der Waals surface area contributed by atoms with Crippen molar-refractivity contribution >= 4 is 15.9 Å². The van der Waals surface area contributed by atoms with Gasteiger partial charge in [0, 0.05) is 25.7 Å². The molecule has 2 aliphatic rings. The van der Waals surface area contributed by atoms with Gasteiger partial charge in [-0.3, -0.25) is 4.79 Å². The molecule has 0 bridgehead atoms. The number of sulfonamides is 1. The van der Waals surface area contributed by atoms with Crippen LogP contribution in [0.1, 0.15) is 19.4 Å². The summed E-state index contributed by atoms with van der Waals surface area (Å²) in [5.74, 6) is 0.0662. The van der Waals surface area contributed by atoms with E-state index in [1.165, 1.54) is 36.4 Å². The molecule has 33 heavy (non-hydrogen) atoms. The van der Waals surface area contributed by atoms with E-state index in [4.69, 9.17) is 14.2 Å². The van der Waals surface area contributed by atoms with Crippen LogP contribution >= 0.6 is 0 Å². The predicted molar refractivity (Wildman–Crippen MR) is 118 cm³/mol. The Hall–Kier alpha value is -2.69. The SMILES string of the molecule is CC1CN(C(=O)CN(Cc2ccc(F)cc2)S(=O)(=O)c2ccc3c(c2)OCCO3)CC(C)O1. The number of rotatable bonds is 6. The fraction of sp³-hybridized carbons (Fsp3) is 0.435. The third kappa shape index (κ3) is 5.45. The third-order valence-electron chi connectivity index (χ3n) is 5.51. The standard InChI is InChI=1S/C23H27FN2O6S/c1-16-12-25(13-17(2)32-16)23(27)15-26(14-18-3-5-19(24)6-4-18)33(28,29)20-7-8-21-22(11-20)31-10-9-30-21/h3-8,11,16-17H,9-10,12-15H2,1-2H3. The number of nitrogens with zero attached hydrogens (tertiary/aromatic N) is 2. The van der Waals surface area contributed by atoms with Crippen molar-refractivity contribution in [3.63, 3.8) is 0 Å². The minimum Gasteiger partial charge on any atom is -0.486 e. The lowest BCUT2D eigenvalue weighted by Gasteiger charge is -2.36. The molecule has 2 aromatic rings. The number of hydrogen-bond acceptors (Lipinski definition) is 6. The third-order valence-corrected chi connectivity index (χ3v) is 7.30. The number of benzene rings is 2. The Morgan fingerprint density at radius 2 is 1.67 bits per heavy atom. The number of halogens is 1. The van der Waals surface area contributed by atoms with E-state index in [0.29, 0.717) is 43.4 Å². The second-order valence-corrected chi connectivity index (χ2v) is 10.2. The van der Waals surface area contributed by atoms with E-state index >= 15 is 0 Å². The van der Waals surface area contributed by atoms with E-state index in [-0.39, 0.29) is 36.1 Å². The topological polar surface area (TPSA) is 85.4 Å². The molecule has 1 saturated heterocycles. The number of hydrogen-bond donors (Lipinski definition) is 0. The summed E-state index contributed by atoms with van der Waals surface area (Å²) in [6.07, 6.45) is -0.282. The summed E-state index contributed by atoms with van der Waals surface area (Å²) in [5.41, 5.74) is 0.564. The lowest BCUT2D eigenvalue weighted by atomic mass is 10.2. The van der Waals surface area contributed by atoms with Gasteiger partial charge in [-0.1, -0.05) is 12.1 Å². The number of ether oxygens (including phenoxy) is 3. The van der Waals surface area contributed by atoms with Crippen LogP contribution in [-0.4, -0.2) is 68.6 Å². The van der Waals surface area contributed by atoms with Gasteiger partial charge in [0.25, 0.3) is 0 Å². The molecule has 2 aliphatic heterocycles. The zero-order chi connectivity index (χ0) is 23.6. The van der Waals surface area contributed by atoms with Gasteiger partial charge in [-0.05, 0) is 43.7 Å². The molecule has 2 aromatic carbocycles. The molecule has 10 heteroatoms. The molecule has 0 saturated carbocycles. The van der Waals surface area contributed by atoms with Crippen LogP contribution in [0.2, 0.25) is 0 Å². The van der Waals surface area contributed by atoms with Crippen molar-refractivity contribution < 1.29 is 31.8 Å². The first-order valence-electron chi connectivity index (χ1n) is 10.8. The van der Waals surface area contributed by atoms with Crippen LogP contribution in [0.3, 0.4) is 0 Å². The summed E-state index contributed by atoms with van der Waals surface area (Å²) in [7, 11) is -4.08. The summed E-state index contributed by atoms with van der Waals surface area (Å²) in [4.78, 5) is 14.7. The van der Waals surface area contributed by atoms with Gasteiger partial charge < -0.3 is 19.1 Å². The second-order valence-electron chi connectivity index (χ2n) is 8.26. The normalized spacial score (nSPS) is 20.7. The predicted octanol–water partition coefficient (Wildman–Crippen LogP) is 2.42. The molecule has 2 heterocycles. The molecular formula is C23H27FN2O6S. The summed E-state index contributed by atoms with van der Waals surface area (Å²) >= 11 is 0. The fourth-order valence-electron chi connectivity index (χ4n) is 3.98. The van der Waals surface area contributed by atoms with Gasteiger partial charge in [0.1, 0.15) is 19.0 Å². The monoisotopic (exact) mass is 478 g/mol. The highest BCUT2D eigenvalue weighted by Gasteiger charge is 2.32. The summed E-state index contributed by atoms with van der Waals surface area (Å²) < 4.78 is 58.4. The Morgan fingerprint density at radius 3 is 2.33 bits per heavy atom. The van der Waals surface area contributed by atoms with Crippen molar-refractivity contribution in [3.05, 3.63) is 53.8 Å². The van der Waals surface area contributed by atoms with Crippen molar-refractivity contribution in [2.75, 3.05) is 32.8 Å². The average molecular weight is 479 g/mol. The quantitative estimate of drug-likeness (QED) is 0.634. The van der Waals surface area contributed by atoms with Gasteiger partial charge in [0.15, 0.2) is 11.5 Å². The van der Waals surface area contributed by atoms with Crippen LogP contribution in [0, 0.1) is 5.82 Å². The Labute approximate surface area is 192 Å². The van der Waals surface area contributed by atoms with Crippen molar-refractivity contribution in [1.82, 2.24) is 9.21 Å². The molecule has 2 unspecified atom stereocenters. The minimum atomic E-state index is -4.08. The summed E-state index contributed by atoms with van der Waals surface area (Å²) in [6.45, 7) is 4.79. The van der Waals surface area contributed by atoms with Crippen LogP contribution in [0.4, 0.5) is 4.39 Å². The maximum absolute atomic E-state index is 13.6. The Kier molecular flexibility index (Phi) is 6.87. The molecule has 0 radical (unpaired) electrons. The first kappa shape index (κ1) is 23.5. The maximum Gasteiger partial charge on any atom is 0.243 e. The second kappa shape index (κ2) is 9.66. The zero-order valence-corrected chi connectivity index (χ0v) is 19.4. The summed E-state index contributed by atoms with van der Waals surface area (Å²) in [6, 6.07) is 9.92. The van der Waals surface area contributed by atoms with Gasteiger partial charge in [0.05, 0.1) is 23.6 Å². The van der Waals surface area contributed by atoms with E-state index in [9.17, 15) is 17.6 Å². The molecule has 0 N–H and O–H groups in total. The van der Waals surface area contributed by atoms with Crippen molar-refractivity contribution in [3.8, 4) is 11.5 Å². The molecule has 0 aromatic heterocycles. The number of fused-ring (bicyclic) bond motifs is 1. The van der Waals surface area contributed by atoms with Crippen LogP contribution in [0.5, 0.6) is 11.5 Å².